The molecule has 0 aliphatic carbocycles. The molecule has 146 valence electrons. The molecule has 0 aromatic heterocycles. The van der Waals surface area contributed by atoms with E-state index in [0.29, 0.717) is 25.2 Å². The van der Waals surface area contributed by atoms with Crippen LogP contribution in [0.3, 0.4) is 0 Å². The van der Waals surface area contributed by atoms with Crippen molar-refractivity contribution in [2.24, 2.45) is 5.73 Å². The number of halogens is 6. The lowest BCUT2D eigenvalue weighted by Gasteiger charge is -2.32. The smallest absolute Gasteiger partial charge is 0.343 e. The topological polar surface area (TPSA) is 64.8 Å². The molecule has 1 unspecified atom stereocenters. The second-order valence-corrected chi connectivity index (χ2v) is 5.52. The van der Waals surface area contributed by atoms with Crippen molar-refractivity contribution in [2.45, 2.75) is 31.8 Å². The maximum Gasteiger partial charge on any atom is 0.416 e. The van der Waals surface area contributed by atoms with E-state index in [4.69, 9.17) is 15.2 Å². The Morgan fingerprint density at radius 3 is 2.19 bits per heavy atom. The minimum Gasteiger partial charge on any atom is -0.343 e. The Bertz CT molecular complexity index is 630. The molecule has 11 heteroatoms. The molecule has 1 fully saturated rings. The quantitative estimate of drug-likeness (QED) is 0.639. The zero-order chi connectivity index (χ0) is 19.7. The van der Waals surface area contributed by atoms with Crippen molar-refractivity contribution in [2.75, 3.05) is 19.7 Å². The number of nitrogens with zero attached hydrogens (tertiary/aromatic N) is 1. The van der Waals surface area contributed by atoms with Crippen LogP contribution in [0.25, 0.3) is 0 Å². The number of nitrogens with two attached hydrogens (primary N) is 1. The molecule has 5 nitrogen and oxygen atoms in total. The highest BCUT2D eigenvalue weighted by molar-refractivity contribution is 5.80. The summed E-state index contributed by atoms with van der Waals surface area (Å²) >= 11 is 0. The third-order valence-electron chi connectivity index (χ3n) is 3.73. The standard InChI is InChI=1S/C15H16F6N2O3/c1-2-23-3-4-25-13(12(23)24)26-11(22)8-5-9(14(16,17)18)7-10(6-8)15(19,20)21/h5-7,11,13H,2-4,22H2,1H3/t11-,13?/m0/s1. The Labute approximate surface area is 144 Å². The van der Waals surface area contributed by atoms with Crippen LogP contribution in [-0.4, -0.2) is 36.8 Å². The Morgan fingerprint density at radius 2 is 1.73 bits per heavy atom. The third-order valence-corrected chi connectivity index (χ3v) is 3.73. The van der Waals surface area contributed by atoms with Gasteiger partial charge in [-0.1, -0.05) is 0 Å². The number of amides is 1. The molecule has 2 atom stereocenters. The number of morpholine rings is 1. The molecule has 26 heavy (non-hydrogen) atoms. The molecular formula is C15H16F6N2O3. The fourth-order valence-corrected chi connectivity index (χ4v) is 2.37. The van der Waals surface area contributed by atoms with Gasteiger partial charge in [0.1, 0.15) is 6.23 Å². The van der Waals surface area contributed by atoms with Crippen LogP contribution >= 0.6 is 0 Å². The van der Waals surface area contributed by atoms with Gasteiger partial charge in [-0.05, 0) is 30.7 Å². The van der Waals surface area contributed by atoms with Crippen LogP contribution < -0.4 is 5.73 Å². The van der Waals surface area contributed by atoms with Gasteiger partial charge in [0.25, 0.3) is 5.91 Å². The SMILES string of the molecule is CCN1CCOC(O[C@H](N)c2cc(C(F)(F)F)cc(C(F)(F)F)c2)C1=O. The Kier molecular flexibility index (Phi) is 5.83. The van der Waals surface area contributed by atoms with Crippen molar-refractivity contribution in [1.29, 1.82) is 0 Å². The number of alkyl halides is 6. The maximum absolute atomic E-state index is 12.9. The van der Waals surface area contributed by atoms with Gasteiger partial charge in [0.2, 0.25) is 6.29 Å². The number of hydrogen-bond donors (Lipinski definition) is 1. The molecule has 1 amide bonds. The normalized spacial score (nSPS) is 20.4. The highest BCUT2D eigenvalue weighted by Crippen LogP contribution is 2.37. The van der Waals surface area contributed by atoms with Crippen LogP contribution in [0.1, 0.15) is 29.8 Å². The summed E-state index contributed by atoms with van der Waals surface area (Å²) in [6.07, 6.45) is -13.2. The van der Waals surface area contributed by atoms with Gasteiger partial charge < -0.3 is 20.1 Å². The molecule has 1 aromatic rings. The summed E-state index contributed by atoms with van der Waals surface area (Å²) in [5.41, 5.74) is 1.98. The minimum absolute atomic E-state index is 0.0166. The van der Waals surface area contributed by atoms with E-state index in [1.165, 1.54) is 4.90 Å². The van der Waals surface area contributed by atoms with Gasteiger partial charge in [-0.25, -0.2) is 0 Å². The first-order valence-corrected chi connectivity index (χ1v) is 7.54. The Hall–Kier alpha value is -1.85. The van der Waals surface area contributed by atoms with Crippen molar-refractivity contribution in [1.82, 2.24) is 4.90 Å². The van der Waals surface area contributed by atoms with Crippen molar-refractivity contribution < 1.29 is 40.6 Å². The van der Waals surface area contributed by atoms with Gasteiger partial charge in [-0.3, -0.25) is 4.79 Å². The van der Waals surface area contributed by atoms with Crippen LogP contribution in [0.2, 0.25) is 0 Å². The number of hydrogen-bond acceptors (Lipinski definition) is 4. The lowest BCUT2D eigenvalue weighted by Crippen LogP contribution is -2.49. The summed E-state index contributed by atoms with van der Waals surface area (Å²) in [6.45, 7) is 2.45. The van der Waals surface area contributed by atoms with E-state index in [2.05, 4.69) is 0 Å². The highest BCUT2D eigenvalue weighted by Gasteiger charge is 2.38. The molecule has 0 saturated carbocycles. The zero-order valence-electron chi connectivity index (χ0n) is 13.5. The van der Waals surface area contributed by atoms with Gasteiger partial charge in [0.15, 0.2) is 0 Å². The number of carbonyl (C=O) groups excluding carboxylic acids is 1. The summed E-state index contributed by atoms with van der Waals surface area (Å²) in [7, 11) is 0. The van der Waals surface area contributed by atoms with Gasteiger partial charge >= 0.3 is 12.4 Å². The molecule has 0 radical (unpaired) electrons. The monoisotopic (exact) mass is 386 g/mol. The van der Waals surface area contributed by atoms with E-state index < -0.39 is 47.5 Å². The fourth-order valence-electron chi connectivity index (χ4n) is 2.37. The van der Waals surface area contributed by atoms with Crippen molar-refractivity contribution in [3.05, 3.63) is 34.9 Å². The molecule has 2 rings (SSSR count). The van der Waals surface area contributed by atoms with Crippen molar-refractivity contribution in [3.63, 3.8) is 0 Å². The van der Waals surface area contributed by atoms with Crippen LogP contribution in [0.15, 0.2) is 18.2 Å². The predicted octanol–water partition coefficient (Wildman–Crippen LogP) is 2.90. The first kappa shape index (κ1) is 20.5. The Morgan fingerprint density at radius 1 is 1.19 bits per heavy atom. The molecule has 1 heterocycles. The summed E-state index contributed by atoms with van der Waals surface area (Å²) in [5.74, 6) is -0.600. The van der Waals surface area contributed by atoms with E-state index in [1.54, 1.807) is 6.92 Å². The number of rotatable bonds is 4. The zero-order valence-corrected chi connectivity index (χ0v) is 13.5. The van der Waals surface area contributed by atoms with Crippen molar-refractivity contribution >= 4 is 5.91 Å². The summed E-state index contributed by atoms with van der Waals surface area (Å²) < 4.78 is 87.5. The van der Waals surface area contributed by atoms with Gasteiger partial charge in [0, 0.05) is 13.1 Å². The number of ether oxygens (including phenoxy) is 2. The average Bonchev–Trinajstić information content (AvgIpc) is 2.54. The van der Waals surface area contributed by atoms with E-state index in [-0.39, 0.29) is 12.7 Å². The fraction of sp³-hybridized carbons (Fsp3) is 0.533. The first-order valence-electron chi connectivity index (χ1n) is 7.54. The average molecular weight is 386 g/mol. The largest absolute Gasteiger partial charge is 0.416 e. The van der Waals surface area contributed by atoms with E-state index in [0.717, 1.165) is 0 Å². The lowest BCUT2D eigenvalue weighted by molar-refractivity contribution is -0.209. The van der Waals surface area contributed by atoms with E-state index in [9.17, 15) is 31.1 Å². The van der Waals surface area contributed by atoms with Gasteiger partial charge in [-0.2, -0.15) is 26.3 Å². The Balaban J connectivity index is 2.30. The maximum atomic E-state index is 12.9. The number of carbonyl (C=O) groups is 1. The molecule has 1 aliphatic rings. The van der Waals surface area contributed by atoms with Crippen LogP contribution in [0, 0.1) is 0 Å². The number of likely N-dealkylation sites (N-methyl/N-ethyl adjacent to an activating group) is 1. The third kappa shape index (κ3) is 4.65. The minimum atomic E-state index is -5.01. The van der Waals surface area contributed by atoms with Crippen LogP contribution in [0.5, 0.6) is 0 Å². The molecule has 1 saturated heterocycles. The lowest BCUT2D eigenvalue weighted by atomic mass is 10.0. The van der Waals surface area contributed by atoms with E-state index >= 15 is 0 Å². The second kappa shape index (κ2) is 7.41. The molecule has 2 N–H and O–H groups in total. The molecule has 0 spiro atoms. The van der Waals surface area contributed by atoms with Crippen LogP contribution in [-0.2, 0) is 26.6 Å². The second-order valence-electron chi connectivity index (χ2n) is 5.52. The summed E-state index contributed by atoms with van der Waals surface area (Å²) in [4.78, 5) is 13.4. The van der Waals surface area contributed by atoms with Crippen LogP contribution in [0.4, 0.5) is 26.3 Å². The van der Waals surface area contributed by atoms with Gasteiger partial charge in [-0.15, -0.1) is 0 Å². The summed E-state index contributed by atoms with van der Waals surface area (Å²) in [5, 5.41) is 0. The van der Waals surface area contributed by atoms with Crippen molar-refractivity contribution in [3.8, 4) is 0 Å². The number of benzene rings is 1. The summed E-state index contributed by atoms with van der Waals surface area (Å²) in [6, 6.07) is 0.882. The first-order chi connectivity index (χ1) is 11.9. The molecule has 1 aliphatic heterocycles. The molecular weight excluding hydrogens is 370 g/mol. The predicted molar refractivity (Wildman–Crippen MR) is 76.5 cm³/mol. The molecule has 0 bridgehead atoms. The van der Waals surface area contributed by atoms with E-state index in [1.807, 2.05) is 0 Å². The highest BCUT2D eigenvalue weighted by atomic mass is 19.4. The molecule has 1 aromatic carbocycles. The van der Waals surface area contributed by atoms with Gasteiger partial charge in [0.05, 0.1) is 17.7 Å².